The summed E-state index contributed by atoms with van der Waals surface area (Å²) in [5, 5.41) is 154. The van der Waals surface area contributed by atoms with Crippen molar-refractivity contribution in [3.8, 4) is 0 Å². The van der Waals surface area contributed by atoms with E-state index in [1.165, 1.54) is 6.92 Å². The molecule has 3 aliphatic heterocycles. The molecule has 0 bridgehead atoms. The zero-order valence-electron chi connectivity index (χ0n) is 42.5. The van der Waals surface area contributed by atoms with Crippen molar-refractivity contribution in [2.24, 2.45) is 50.2 Å². The van der Waals surface area contributed by atoms with E-state index in [0.29, 0.717) is 32.1 Å². The van der Waals surface area contributed by atoms with Gasteiger partial charge in [0.2, 0.25) is 0 Å². The summed E-state index contributed by atoms with van der Waals surface area (Å²) in [6, 6.07) is 0. The number of rotatable bonds is 12. The Labute approximate surface area is 423 Å². The number of ether oxygens (including phenoxy) is 7. The molecule has 0 amide bonds. The van der Waals surface area contributed by atoms with Crippen LogP contribution in [0.15, 0.2) is 11.6 Å². The minimum Gasteiger partial charge on any atom is -0.479 e. The Kier molecular flexibility index (Phi) is 15.9. The predicted octanol–water partition coefficient (Wildman–Crippen LogP) is -2.84. The summed E-state index contributed by atoms with van der Waals surface area (Å²) in [4.78, 5) is 25.6. The number of allylic oxidation sites excluding steroid dienone is 2. The number of carboxylic acid groups (broad SMARTS) is 1. The molecule has 23 heteroatoms. The smallest absolute Gasteiger partial charge is 0.335 e. The molecule has 418 valence electrons. The van der Waals surface area contributed by atoms with Gasteiger partial charge in [0.1, 0.15) is 73.2 Å². The summed E-state index contributed by atoms with van der Waals surface area (Å²) < 4.78 is 41.6. The molecule has 27 atom stereocenters. The second kappa shape index (κ2) is 20.3. The third-order valence-corrected chi connectivity index (χ3v) is 20.1. The van der Waals surface area contributed by atoms with Crippen LogP contribution in [0.2, 0.25) is 0 Å². The lowest BCUT2D eigenvalue weighted by Crippen LogP contribution is -2.72. The molecule has 5 aliphatic carbocycles. The molecule has 0 aromatic heterocycles. The van der Waals surface area contributed by atoms with E-state index in [-0.39, 0.29) is 24.7 Å². The van der Waals surface area contributed by atoms with Crippen LogP contribution in [0, 0.1) is 50.2 Å². The molecule has 3 heterocycles. The number of esters is 1. The highest BCUT2D eigenvalue weighted by Crippen LogP contribution is 2.76. The van der Waals surface area contributed by atoms with Crippen molar-refractivity contribution in [1.29, 1.82) is 0 Å². The fourth-order valence-corrected chi connectivity index (χ4v) is 15.7. The number of aliphatic hydroxyl groups excluding tert-OH is 13. The van der Waals surface area contributed by atoms with E-state index in [4.69, 9.17) is 33.2 Å². The minimum atomic E-state index is -2.16. The lowest BCUT2D eigenvalue weighted by Gasteiger charge is -2.72. The maximum atomic E-state index is 13.1. The Balaban J connectivity index is 1.11. The lowest BCUT2D eigenvalue weighted by molar-refractivity contribution is -0.392. The third-order valence-electron chi connectivity index (χ3n) is 20.1. The lowest BCUT2D eigenvalue weighted by atomic mass is 9.33. The molecule has 23 nitrogen and oxygen atoms in total. The average molecular weight is 1050 g/mol. The molecule has 4 saturated carbocycles. The van der Waals surface area contributed by atoms with E-state index < -0.39 is 193 Å². The number of carbonyl (C=O) groups excluding carboxylic acids is 1. The molecule has 8 aliphatic rings. The number of aliphatic hydroxyl groups is 13. The zero-order valence-corrected chi connectivity index (χ0v) is 42.5. The molecule has 14 N–H and O–H groups in total. The van der Waals surface area contributed by atoms with Crippen LogP contribution in [0.4, 0.5) is 0 Å². The normalized spacial score (nSPS) is 53.7. The SMILES string of the molecule is CC(=O)O[C@H]1[C@H](O)C(C)(C)C[C@H]2C3=CC[C@@H]4[C@@]5(C)CC[C@H](O[C@@H]6O[C@H](C(=O)O)[C@@H](O[C@@H]7O[C@H](CO)[C@@H](O)[C@H](O)[C@H]7O)[C@H](O)[C@H]6O[C@@H]6O[C@H](CO)[C@@H](O)[C@H](O)[C@H]6O)[C@](C)(CO)[C@@H]5CC[C@@]4(C)[C@]3(C)C[C@@H](O)[C@]21CO. The summed E-state index contributed by atoms with van der Waals surface area (Å²) in [6.07, 6.45) is -27.8. The number of aliphatic carboxylic acids is 1. The first kappa shape index (κ1) is 57.1. The van der Waals surface area contributed by atoms with Crippen molar-refractivity contribution >= 4 is 11.9 Å². The van der Waals surface area contributed by atoms with Gasteiger partial charge in [0.05, 0.1) is 50.2 Å². The second-order valence-corrected chi connectivity index (χ2v) is 24.2. The van der Waals surface area contributed by atoms with Crippen molar-refractivity contribution in [1.82, 2.24) is 0 Å². The van der Waals surface area contributed by atoms with Crippen LogP contribution < -0.4 is 0 Å². The molecule has 73 heavy (non-hydrogen) atoms. The molecule has 8 rings (SSSR count). The standard InChI is InChI=1S/C50H80O23/c1-20(55)67-40-39(64)45(2,3)14-22-21-8-9-26-46(4)12-11-28(47(5,18-53)25(46)10-13-48(26,6)49(21,7)15-27(56)50(22,40)19-54)70-44-37(72-43-34(62)32(60)30(58)24(17-52)69-43)35(63)36(38(73-44)41(65)66)71-42-33(61)31(59)29(57)23(16-51)68-42/h8,22-40,42-44,51-54,56-64H,9-19H2,1-7H3,(H,65,66)/t22-,23+,24+,25+,26+,27+,28-,29+,30+,31-,32-,33+,34+,35-,36-,37+,38-,39-,40-,42-,43-,44+,46-,47+,48+,49+,50-/m0/s1. The van der Waals surface area contributed by atoms with Gasteiger partial charge in [-0.2, -0.15) is 0 Å². The summed E-state index contributed by atoms with van der Waals surface area (Å²) in [6.45, 7) is 10.8. The molecular weight excluding hydrogens is 969 g/mol. The predicted molar refractivity (Wildman–Crippen MR) is 246 cm³/mol. The van der Waals surface area contributed by atoms with E-state index in [2.05, 4.69) is 26.8 Å². The summed E-state index contributed by atoms with van der Waals surface area (Å²) >= 11 is 0. The van der Waals surface area contributed by atoms with Crippen molar-refractivity contribution < 1.29 is 114 Å². The number of hydrogen-bond donors (Lipinski definition) is 14. The van der Waals surface area contributed by atoms with Crippen molar-refractivity contribution in [2.45, 2.75) is 210 Å². The first-order valence-electron chi connectivity index (χ1n) is 25.7. The van der Waals surface area contributed by atoms with Gasteiger partial charge < -0.3 is 105 Å². The number of carbonyl (C=O) groups is 2. The average Bonchev–Trinajstić information content (AvgIpc) is 3.33. The highest BCUT2D eigenvalue weighted by atomic mass is 16.8. The van der Waals surface area contributed by atoms with Gasteiger partial charge in [-0.3, -0.25) is 4.79 Å². The Bertz CT molecular complexity index is 2040. The third kappa shape index (κ3) is 8.76. The van der Waals surface area contributed by atoms with Crippen LogP contribution in [-0.4, -0.2) is 226 Å². The van der Waals surface area contributed by atoms with Gasteiger partial charge >= 0.3 is 11.9 Å². The van der Waals surface area contributed by atoms with Crippen molar-refractivity contribution in [2.75, 3.05) is 26.4 Å². The van der Waals surface area contributed by atoms with E-state index in [0.717, 1.165) is 5.57 Å². The highest BCUT2D eigenvalue weighted by molar-refractivity contribution is 5.73. The van der Waals surface area contributed by atoms with E-state index >= 15 is 0 Å². The maximum absolute atomic E-state index is 13.1. The van der Waals surface area contributed by atoms with Gasteiger partial charge in [0, 0.05) is 12.3 Å². The van der Waals surface area contributed by atoms with Crippen LogP contribution in [0.25, 0.3) is 0 Å². The van der Waals surface area contributed by atoms with Gasteiger partial charge in [0.25, 0.3) is 0 Å². The monoisotopic (exact) mass is 1050 g/mol. The van der Waals surface area contributed by atoms with Crippen molar-refractivity contribution in [3.05, 3.63) is 11.6 Å². The van der Waals surface area contributed by atoms with Crippen LogP contribution >= 0.6 is 0 Å². The number of fused-ring (bicyclic) bond motifs is 7. The van der Waals surface area contributed by atoms with Crippen LogP contribution in [-0.2, 0) is 42.7 Å². The molecule has 0 spiro atoms. The quantitative estimate of drug-likeness (QED) is 0.0532. The van der Waals surface area contributed by atoms with E-state index in [1.54, 1.807) is 0 Å². The van der Waals surface area contributed by atoms with E-state index in [9.17, 15) is 81.1 Å². The second-order valence-electron chi connectivity index (χ2n) is 24.2. The van der Waals surface area contributed by atoms with E-state index in [1.807, 2.05) is 20.8 Å². The Morgan fingerprint density at radius 3 is 1.75 bits per heavy atom. The minimum absolute atomic E-state index is 0.0497. The number of hydrogen-bond acceptors (Lipinski definition) is 22. The fourth-order valence-electron chi connectivity index (χ4n) is 15.7. The van der Waals surface area contributed by atoms with Crippen LogP contribution in [0.1, 0.15) is 93.4 Å². The topological polar surface area (TPSA) is 382 Å². The van der Waals surface area contributed by atoms with Gasteiger partial charge in [-0.05, 0) is 84.4 Å². The summed E-state index contributed by atoms with van der Waals surface area (Å²) in [5.41, 5.74) is -3.82. The first-order chi connectivity index (χ1) is 34.1. The van der Waals surface area contributed by atoms with Crippen LogP contribution in [0.3, 0.4) is 0 Å². The van der Waals surface area contributed by atoms with Gasteiger partial charge in [0.15, 0.2) is 25.0 Å². The Morgan fingerprint density at radius 1 is 0.658 bits per heavy atom. The molecule has 7 fully saturated rings. The zero-order chi connectivity index (χ0) is 53.9. The largest absolute Gasteiger partial charge is 0.479 e. The first-order valence-corrected chi connectivity index (χ1v) is 25.7. The molecule has 0 aromatic carbocycles. The summed E-state index contributed by atoms with van der Waals surface area (Å²) in [5.74, 6) is -3.13. The Morgan fingerprint density at radius 2 is 1.23 bits per heavy atom. The van der Waals surface area contributed by atoms with Gasteiger partial charge in [-0.25, -0.2) is 4.79 Å². The molecule has 3 saturated heterocycles. The van der Waals surface area contributed by atoms with Crippen LogP contribution in [0.5, 0.6) is 0 Å². The van der Waals surface area contributed by atoms with Gasteiger partial charge in [-0.1, -0.05) is 53.2 Å². The fraction of sp³-hybridized carbons (Fsp3) is 0.920. The molecule has 0 unspecified atom stereocenters. The molecule has 0 radical (unpaired) electrons. The molecule has 0 aromatic rings. The Hall–Kier alpha value is -2.08. The highest BCUT2D eigenvalue weighted by Gasteiger charge is 2.73. The molecular formula is C50H80O23. The van der Waals surface area contributed by atoms with Crippen molar-refractivity contribution in [3.63, 3.8) is 0 Å². The van der Waals surface area contributed by atoms with Gasteiger partial charge in [-0.15, -0.1) is 0 Å². The number of carboxylic acids is 1. The summed E-state index contributed by atoms with van der Waals surface area (Å²) in [7, 11) is 0. The maximum Gasteiger partial charge on any atom is 0.335 e.